The summed E-state index contributed by atoms with van der Waals surface area (Å²) >= 11 is 0. The second-order valence-corrected chi connectivity index (χ2v) is 7.93. The molecule has 0 radical (unpaired) electrons. The Morgan fingerprint density at radius 2 is 1.80 bits per heavy atom. The van der Waals surface area contributed by atoms with Crippen molar-refractivity contribution in [2.75, 3.05) is 12.3 Å². The molecule has 0 aromatic heterocycles. The predicted molar refractivity (Wildman–Crippen MR) is 75.1 cm³/mol. The van der Waals surface area contributed by atoms with Crippen LogP contribution in [-0.4, -0.2) is 53.9 Å². The Morgan fingerprint density at radius 3 is 2.25 bits per heavy atom. The molecule has 7 heteroatoms. The molecule has 0 aromatic rings. The molecule has 0 heterocycles. The lowest BCUT2D eigenvalue weighted by Crippen LogP contribution is -2.41. The zero-order valence-electron chi connectivity index (χ0n) is 12.0. The van der Waals surface area contributed by atoms with Gasteiger partial charge in [0.15, 0.2) is 9.84 Å². The minimum Gasteiger partial charge on any atom is -0.480 e. The van der Waals surface area contributed by atoms with Gasteiger partial charge in [-0.1, -0.05) is 12.8 Å². The molecule has 1 aliphatic carbocycles. The van der Waals surface area contributed by atoms with Crippen LogP contribution < -0.4 is 0 Å². The summed E-state index contributed by atoms with van der Waals surface area (Å²) in [5.41, 5.74) is 0. The first kappa shape index (κ1) is 16.9. The highest BCUT2D eigenvalue weighted by Gasteiger charge is 2.30. The number of hydrogen-bond acceptors (Lipinski definition) is 4. The molecule has 1 fully saturated rings. The molecule has 0 unspecified atom stereocenters. The predicted octanol–water partition coefficient (Wildman–Crippen LogP) is 1.06. The zero-order chi connectivity index (χ0) is 15.3. The molecule has 1 saturated carbocycles. The second kappa shape index (κ2) is 7.06. The van der Waals surface area contributed by atoms with Crippen molar-refractivity contribution in [1.29, 1.82) is 0 Å². The van der Waals surface area contributed by atoms with Gasteiger partial charge >= 0.3 is 5.97 Å². The van der Waals surface area contributed by atoms with Crippen molar-refractivity contribution in [2.24, 2.45) is 0 Å². The van der Waals surface area contributed by atoms with Crippen LogP contribution >= 0.6 is 0 Å². The molecule has 6 nitrogen and oxygen atoms in total. The van der Waals surface area contributed by atoms with Crippen molar-refractivity contribution in [3.8, 4) is 0 Å². The highest BCUT2D eigenvalue weighted by atomic mass is 32.2. The number of carbonyl (C=O) groups is 2. The van der Waals surface area contributed by atoms with Crippen molar-refractivity contribution < 1.29 is 23.1 Å². The van der Waals surface area contributed by atoms with E-state index in [9.17, 15) is 18.0 Å². The summed E-state index contributed by atoms with van der Waals surface area (Å²) in [5.74, 6) is -1.69. The molecule has 1 amide bonds. The third-order valence-corrected chi connectivity index (χ3v) is 5.92. The molecule has 1 rings (SSSR count). The van der Waals surface area contributed by atoms with Gasteiger partial charge in [0.05, 0.1) is 11.0 Å². The average molecular weight is 305 g/mol. The van der Waals surface area contributed by atoms with Crippen molar-refractivity contribution in [3.63, 3.8) is 0 Å². The van der Waals surface area contributed by atoms with Crippen molar-refractivity contribution in [1.82, 2.24) is 4.90 Å². The van der Waals surface area contributed by atoms with Crippen LogP contribution in [0.3, 0.4) is 0 Å². The number of nitrogens with zero attached hydrogens (tertiary/aromatic N) is 1. The minimum absolute atomic E-state index is 0.135. The number of amides is 1. The maximum absolute atomic E-state index is 12.1. The summed E-state index contributed by atoms with van der Waals surface area (Å²) in [7, 11) is -3.24. The lowest BCUT2D eigenvalue weighted by atomic mass is 10.3. The van der Waals surface area contributed by atoms with Gasteiger partial charge in [0.1, 0.15) is 6.54 Å². The number of carbonyl (C=O) groups excluding carboxylic acids is 1. The Kier molecular flexibility index (Phi) is 5.98. The summed E-state index contributed by atoms with van der Waals surface area (Å²) in [6.07, 6.45) is 3.08. The summed E-state index contributed by atoms with van der Waals surface area (Å²) < 4.78 is 24.1. The first-order valence-corrected chi connectivity index (χ1v) is 8.68. The highest BCUT2D eigenvalue weighted by Crippen LogP contribution is 2.25. The maximum atomic E-state index is 12.1. The van der Waals surface area contributed by atoms with E-state index in [0.29, 0.717) is 12.8 Å². The smallest absolute Gasteiger partial charge is 0.323 e. The first-order valence-electron chi connectivity index (χ1n) is 6.97. The van der Waals surface area contributed by atoms with Crippen LogP contribution in [0.5, 0.6) is 0 Å². The number of sulfone groups is 1. The summed E-state index contributed by atoms with van der Waals surface area (Å²) in [4.78, 5) is 23.9. The van der Waals surface area contributed by atoms with Gasteiger partial charge in [-0.05, 0) is 26.7 Å². The Morgan fingerprint density at radius 1 is 1.25 bits per heavy atom. The number of hydrogen-bond donors (Lipinski definition) is 1. The number of carboxylic acid groups (broad SMARTS) is 1. The van der Waals surface area contributed by atoms with E-state index in [-0.39, 0.29) is 30.0 Å². The molecular formula is C13H23NO5S. The summed E-state index contributed by atoms with van der Waals surface area (Å²) in [6, 6.07) is -0.257. The van der Waals surface area contributed by atoms with E-state index in [2.05, 4.69) is 0 Å². The fraction of sp³-hybridized carbons (Fsp3) is 0.846. The van der Waals surface area contributed by atoms with Crippen molar-refractivity contribution in [2.45, 2.75) is 57.2 Å². The van der Waals surface area contributed by atoms with E-state index >= 15 is 0 Å². The van der Waals surface area contributed by atoms with Crippen LogP contribution in [0, 0.1) is 0 Å². The SMILES string of the molecule is CC(C)N(CC(=O)O)C(=O)CCS(=O)(=O)C1CCCC1. The standard InChI is InChI=1S/C13H23NO5S/c1-10(2)14(9-13(16)17)12(15)7-8-20(18,19)11-5-3-4-6-11/h10-11H,3-9H2,1-2H3,(H,16,17). The van der Waals surface area contributed by atoms with Crippen LogP contribution in [0.25, 0.3) is 0 Å². The van der Waals surface area contributed by atoms with Gasteiger partial charge in [-0.3, -0.25) is 9.59 Å². The van der Waals surface area contributed by atoms with Gasteiger partial charge in [-0.2, -0.15) is 0 Å². The van der Waals surface area contributed by atoms with Crippen LogP contribution in [0.4, 0.5) is 0 Å². The molecule has 1 N–H and O–H groups in total. The van der Waals surface area contributed by atoms with E-state index in [0.717, 1.165) is 12.8 Å². The van der Waals surface area contributed by atoms with Gasteiger partial charge in [0.2, 0.25) is 5.91 Å². The largest absolute Gasteiger partial charge is 0.480 e. The number of carboxylic acids is 1. The van der Waals surface area contributed by atoms with Crippen LogP contribution in [-0.2, 0) is 19.4 Å². The van der Waals surface area contributed by atoms with Gasteiger partial charge in [-0.25, -0.2) is 8.42 Å². The van der Waals surface area contributed by atoms with Crippen LogP contribution in [0.15, 0.2) is 0 Å². The van der Waals surface area contributed by atoms with E-state index in [1.807, 2.05) is 0 Å². The first-order chi connectivity index (χ1) is 9.24. The Labute approximate surface area is 120 Å². The topological polar surface area (TPSA) is 91.8 Å². The molecule has 116 valence electrons. The van der Waals surface area contributed by atoms with E-state index in [1.165, 1.54) is 4.90 Å². The molecule has 0 spiro atoms. The molecule has 0 bridgehead atoms. The summed E-state index contributed by atoms with van der Waals surface area (Å²) in [6.45, 7) is 3.04. The minimum atomic E-state index is -3.24. The molecule has 0 aliphatic heterocycles. The Balaban J connectivity index is 2.58. The Hall–Kier alpha value is -1.11. The lowest BCUT2D eigenvalue weighted by Gasteiger charge is -2.25. The highest BCUT2D eigenvalue weighted by molar-refractivity contribution is 7.92. The van der Waals surface area contributed by atoms with Gasteiger partial charge in [0, 0.05) is 12.5 Å². The quantitative estimate of drug-likeness (QED) is 0.759. The van der Waals surface area contributed by atoms with E-state index in [4.69, 9.17) is 5.11 Å². The van der Waals surface area contributed by atoms with Gasteiger partial charge < -0.3 is 10.0 Å². The fourth-order valence-corrected chi connectivity index (χ4v) is 4.34. The van der Waals surface area contributed by atoms with E-state index < -0.39 is 21.7 Å². The van der Waals surface area contributed by atoms with E-state index in [1.54, 1.807) is 13.8 Å². The third kappa shape index (κ3) is 4.77. The normalized spacial score (nSPS) is 16.6. The monoisotopic (exact) mass is 305 g/mol. The molecular weight excluding hydrogens is 282 g/mol. The van der Waals surface area contributed by atoms with Crippen molar-refractivity contribution >= 4 is 21.7 Å². The maximum Gasteiger partial charge on any atom is 0.323 e. The summed E-state index contributed by atoms with van der Waals surface area (Å²) in [5, 5.41) is 8.45. The second-order valence-electron chi connectivity index (χ2n) is 5.53. The molecule has 1 aliphatic rings. The number of rotatable bonds is 7. The molecule has 0 saturated heterocycles. The lowest BCUT2D eigenvalue weighted by molar-refractivity contribution is -0.145. The molecule has 20 heavy (non-hydrogen) atoms. The van der Waals surface area contributed by atoms with Gasteiger partial charge in [0.25, 0.3) is 0 Å². The molecule has 0 atom stereocenters. The number of aliphatic carboxylic acids is 1. The van der Waals surface area contributed by atoms with Crippen LogP contribution in [0.1, 0.15) is 46.0 Å². The van der Waals surface area contributed by atoms with Crippen molar-refractivity contribution in [3.05, 3.63) is 0 Å². The Bertz CT molecular complexity index is 451. The molecule has 0 aromatic carbocycles. The van der Waals surface area contributed by atoms with Crippen LogP contribution in [0.2, 0.25) is 0 Å². The fourth-order valence-electron chi connectivity index (χ4n) is 2.49. The zero-order valence-corrected chi connectivity index (χ0v) is 12.9. The van der Waals surface area contributed by atoms with Gasteiger partial charge in [-0.15, -0.1) is 0 Å². The average Bonchev–Trinajstić information content (AvgIpc) is 2.87. The third-order valence-electron chi connectivity index (χ3n) is 3.66.